The first-order valence-corrected chi connectivity index (χ1v) is 7.39. The van der Waals surface area contributed by atoms with E-state index in [4.69, 9.17) is 5.21 Å². The summed E-state index contributed by atoms with van der Waals surface area (Å²) in [6.45, 7) is -0.0788. The first-order valence-electron chi connectivity index (χ1n) is 7.39. The largest absolute Gasteiger partial charge is 0.416 e. The van der Waals surface area contributed by atoms with Crippen molar-refractivity contribution in [2.75, 3.05) is 0 Å². The molecule has 0 saturated carbocycles. The van der Waals surface area contributed by atoms with Gasteiger partial charge in [-0.15, -0.1) is 0 Å². The van der Waals surface area contributed by atoms with Gasteiger partial charge in [0.25, 0.3) is 11.5 Å². The maximum atomic E-state index is 12.8. The van der Waals surface area contributed by atoms with E-state index in [-0.39, 0.29) is 23.0 Å². The van der Waals surface area contributed by atoms with Crippen molar-refractivity contribution in [3.05, 3.63) is 75.8 Å². The van der Waals surface area contributed by atoms with Crippen molar-refractivity contribution in [1.82, 2.24) is 15.0 Å². The number of carbonyl (C=O) groups excluding carboxylic acids is 1. The number of halogens is 3. The first kappa shape index (κ1) is 17.6. The zero-order valence-electron chi connectivity index (χ0n) is 13.1. The molecule has 1 heterocycles. The summed E-state index contributed by atoms with van der Waals surface area (Å²) >= 11 is 0. The Hall–Kier alpha value is -3.20. The number of alkyl halides is 3. The molecule has 134 valence electrons. The highest BCUT2D eigenvalue weighted by molar-refractivity contribution is 5.96. The van der Waals surface area contributed by atoms with Gasteiger partial charge in [0.15, 0.2) is 0 Å². The molecule has 0 fully saturated rings. The molecular formula is C17H12F3N3O3. The van der Waals surface area contributed by atoms with Crippen LogP contribution < -0.4 is 11.0 Å². The summed E-state index contributed by atoms with van der Waals surface area (Å²) in [6, 6.07) is 8.74. The van der Waals surface area contributed by atoms with Crippen molar-refractivity contribution in [2.45, 2.75) is 12.7 Å². The van der Waals surface area contributed by atoms with Crippen molar-refractivity contribution >= 4 is 16.8 Å². The van der Waals surface area contributed by atoms with E-state index in [1.54, 1.807) is 0 Å². The summed E-state index contributed by atoms with van der Waals surface area (Å²) in [5.74, 6) is -0.748. The van der Waals surface area contributed by atoms with E-state index in [0.29, 0.717) is 5.56 Å². The fraction of sp³-hybridized carbons (Fsp3) is 0.118. The van der Waals surface area contributed by atoms with Gasteiger partial charge in [-0.1, -0.05) is 12.1 Å². The lowest BCUT2D eigenvalue weighted by Crippen LogP contribution is -2.22. The molecule has 0 spiro atoms. The molecule has 2 aromatic carbocycles. The molecule has 0 radical (unpaired) electrons. The van der Waals surface area contributed by atoms with Crippen LogP contribution in [0, 0.1) is 0 Å². The average molecular weight is 363 g/mol. The van der Waals surface area contributed by atoms with Gasteiger partial charge in [0.2, 0.25) is 0 Å². The number of fused-ring (bicyclic) bond motifs is 1. The molecule has 1 amide bonds. The van der Waals surface area contributed by atoms with Crippen molar-refractivity contribution in [3.63, 3.8) is 0 Å². The number of carbonyl (C=O) groups is 1. The van der Waals surface area contributed by atoms with Crippen LogP contribution in [-0.4, -0.2) is 20.7 Å². The summed E-state index contributed by atoms with van der Waals surface area (Å²) in [7, 11) is 0. The van der Waals surface area contributed by atoms with E-state index < -0.39 is 23.2 Å². The molecule has 0 aliphatic carbocycles. The van der Waals surface area contributed by atoms with Crippen LogP contribution in [0.15, 0.2) is 53.6 Å². The minimum atomic E-state index is -4.47. The van der Waals surface area contributed by atoms with Gasteiger partial charge >= 0.3 is 6.18 Å². The molecular weight excluding hydrogens is 351 g/mol. The fourth-order valence-corrected chi connectivity index (χ4v) is 2.52. The zero-order valence-corrected chi connectivity index (χ0v) is 13.1. The van der Waals surface area contributed by atoms with Crippen LogP contribution in [0.5, 0.6) is 0 Å². The van der Waals surface area contributed by atoms with Crippen molar-refractivity contribution in [1.29, 1.82) is 0 Å². The summed E-state index contributed by atoms with van der Waals surface area (Å²) in [5, 5.41) is 8.84. The zero-order chi connectivity index (χ0) is 18.9. The topological polar surface area (TPSA) is 84.2 Å². The number of hydrogen-bond donors (Lipinski definition) is 2. The van der Waals surface area contributed by atoms with Crippen molar-refractivity contribution in [3.8, 4) is 0 Å². The predicted octanol–water partition coefficient (Wildman–Crippen LogP) is 2.58. The SMILES string of the molecule is O=C(NO)c1ccc2c(=O)n(Cc3cccc(C(F)(F)F)c3)cnc2c1. The number of hydrogen-bond acceptors (Lipinski definition) is 4. The van der Waals surface area contributed by atoms with Gasteiger partial charge in [-0.2, -0.15) is 13.2 Å². The van der Waals surface area contributed by atoms with Crippen LogP contribution in [0.4, 0.5) is 13.2 Å². The van der Waals surface area contributed by atoms with Gasteiger partial charge in [-0.3, -0.25) is 19.4 Å². The minimum Gasteiger partial charge on any atom is -0.294 e. The number of rotatable bonds is 3. The maximum Gasteiger partial charge on any atom is 0.416 e. The van der Waals surface area contributed by atoms with E-state index in [2.05, 4.69) is 4.98 Å². The van der Waals surface area contributed by atoms with Gasteiger partial charge in [-0.05, 0) is 35.9 Å². The monoisotopic (exact) mass is 363 g/mol. The highest BCUT2D eigenvalue weighted by atomic mass is 19.4. The second kappa shape index (κ2) is 6.60. The third-order valence-electron chi connectivity index (χ3n) is 3.80. The Morgan fingerprint density at radius 3 is 2.65 bits per heavy atom. The third-order valence-corrected chi connectivity index (χ3v) is 3.80. The van der Waals surface area contributed by atoms with Crippen LogP contribution in [0.1, 0.15) is 21.5 Å². The number of benzene rings is 2. The number of aromatic nitrogens is 2. The Morgan fingerprint density at radius 2 is 1.96 bits per heavy atom. The Labute approximate surface area is 144 Å². The molecule has 6 nitrogen and oxygen atoms in total. The second-order valence-corrected chi connectivity index (χ2v) is 5.55. The van der Waals surface area contributed by atoms with Gasteiger partial charge < -0.3 is 0 Å². The normalized spacial score (nSPS) is 11.5. The molecule has 0 bridgehead atoms. The highest BCUT2D eigenvalue weighted by Crippen LogP contribution is 2.29. The average Bonchev–Trinajstić information content (AvgIpc) is 2.62. The molecule has 3 aromatic rings. The van der Waals surface area contributed by atoms with E-state index in [9.17, 15) is 22.8 Å². The minimum absolute atomic E-state index is 0.0788. The van der Waals surface area contributed by atoms with E-state index >= 15 is 0 Å². The fourth-order valence-electron chi connectivity index (χ4n) is 2.52. The van der Waals surface area contributed by atoms with E-state index in [1.807, 2.05) is 0 Å². The number of hydroxylamine groups is 1. The lowest BCUT2D eigenvalue weighted by atomic mass is 10.1. The molecule has 0 unspecified atom stereocenters. The lowest BCUT2D eigenvalue weighted by molar-refractivity contribution is -0.137. The van der Waals surface area contributed by atoms with Gasteiger partial charge in [0, 0.05) is 5.56 Å². The Balaban J connectivity index is 1.98. The van der Waals surface area contributed by atoms with Crippen LogP contribution in [0.3, 0.4) is 0 Å². The Bertz CT molecular complexity index is 1040. The molecule has 0 atom stereocenters. The number of nitrogens with zero attached hydrogens (tertiary/aromatic N) is 2. The molecule has 0 aliphatic rings. The third kappa shape index (κ3) is 3.42. The molecule has 1 aromatic heterocycles. The van der Waals surface area contributed by atoms with Crippen LogP contribution in [-0.2, 0) is 12.7 Å². The van der Waals surface area contributed by atoms with Crippen molar-refractivity contribution in [2.24, 2.45) is 0 Å². The van der Waals surface area contributed by atoms with Crippen molar-refractivity contribution < 1.29 is 23.2 Å². The summed E-state index contributed by atoms with van der Waals surface area (Å²) in [6.07, 6.45) is -3.27. The highest BCUT2D eigenvalue weighted by Gasteiger charge is 2.30. The second-order valence-electron chi connectivity index (χ2n) is 5.55. The quantitative estimate of drug-likeness (QED) is 0.553. The lowest BCUT2D eigenvalue weighted by Gasteiger charge is -2.10. The molecule has 26 heavy (non-hydrogen) atoms. The molecule has 9 heteroatoms. The molecule has 0 aliphatic heterocycles. The smallest absolute Gasteiger partial charge is 0.294 e. The Kier molecular flexibility index (Phi) is 4.47. The summed E-state index contributed by atoms with van der Waals surface area (Å²) in [4.78, 5) is 28.0. The summed E-state index contributed by atoms with van der Waals surface area (Å²) in [5.41, 5.74) is 0.881. The molecule has 0 saturated heterocycles. The maximum absolute atomic E-state index is 12.8. The molecule has 3 rings (SSSR count). The predicted molar refractivity (Wildman–Crippen MR) is 85.8 cm³/mol. The van der Waals surface area contributed by atoms with Crippen LogP contribution in [0.25, 0.3) is 10.9 Å². The molecule has 2 N–H and O–H groups in total. The first-order chi connectivity index (χ1) is 12.3. The number of nitrogens with one attached hydrogen (secondary N) is 1. The van der Waals surface area contributed by atoms with Gasteiger partial charge in [0.1, 0.15) is 0 Å². The van der Waals surface area contributed by atoms with E-state index in [0.717, 1.165) is 12.1 Å². The van der Waals surface area contributed by atoms with Gasteiger partial charge in [0.05, 0.1) is 29.3 Å². The summed E-state index contributed by atoms with van der Waals surface area (Å²) < 4.78 is 39.6. The number of amides is 1. The Morgan fingerprint density at radius 1 is 1.19 bits per heavy atom. The van der Waals surface area contributed by atoms with Crippen LogP contribution >= 0.6 is 0 Å². The van der Waals surface area contributed by atoms with Gasteiger partial charge in [-0.25, -0.2) is 10.5 Å². The van der Waals surface area contributed by atoms with E-state index in [1.165, 1.54) is 46.7 Å². The standard InChI is InChI=1S/C17H12F3N3O3/c18-17(19,20)12-3-1-2-10(6-12)8-23-9-21-14-7-11(15(24)22-26)4-5-13(14)16(23)25/h1-7,9,26H,8H2,(H,22,24). The van der Waals surface area contributed by atoms with Crippen LogP contribution in [0.2, 0.25) is 0 Å².